The Morgan fingerprint density at radius 2 is 2.22 bits per heavy atom. The molecule has 3 aromatic rings. The number of amides is 1. The second-order valence-electron chi connectivity index (χ2n) is 5.82. The Labute approximate surface area is 134 Å². The fraction of sp³-hybridized carbons (Fsp3) is 0.312. The summed E-state index contributed by atoms with van der Waals surface area (Å²) in [5.74, 6) is 0.589. The van der Waals surface area contributed by atoms with Crippen molar-refractivity contribution in [2.24, 2.45) is 7.05 Å². The van der Waals surface area contributed by atoms with Crippen molar-refractivity contribution in [3.05, 3.63) is 41.7 Å². The van der Waals surface area contributed by atoms with E-state index in [9.17, 15) is 4.79 Å². The van der Waals surface area contributed by atoms with E-state index in [1.165, 1.54) is 0 Å². The molecule has 0 bridgehead atoms. The van der Waals surface area contributed by atoms with Crippen molar-refractivity contribution < 1.29 is 4.79 Å². The molecule has 0 aliphatic carbocycles. The molecule has 7 heteroatoms. The first kappa shape index (κ1) is 15.1. The number of aromatic nitrogens is 4. The molecule has 0 fully saturated rings. The molecule has 0 saturated carbocycles. The van der Waals surface area contributed by atoms with Gasteiger partial charge in [0.25, 0.3) is 5.91 Å². The number of nitrogens with one attached hydrogen (secondary N) is 3. The highest BCUT2D eigenvalue weighted by molar-refractivity contribution is 5.97. The zero-order valence-electron chi connectivity index (χ0n) is 13.4. The zero-order chi connectivity index (χ0) is 16.4. The van der Waals surface area contributed by atoms with Gasteiger partial charge in [0.2, 0.25) is 5.95 Å². The second-order valence-corrected chi connectivity index (χ2v) is 5.82. The standard InChI is InChI=1S/C16H20N6O/c1-10(2)19-16-20-13-5-4-12(6-14(13)21-16)15(23)17-7-11-8-18-22(3)9-11/h4-6,8-10H,7H2,1-3H3,(H,17,23)(H2,19,20,21). The van der Waals surface area contributed by atoms with E-state index < -0.39 is 0 Å². The molecule has 0 spiro atoms. The van der Waals surface area contributed by atoms with Crippen molar-refractivity contribution in [1.82, 2.24) is 25.1 Å². The molecule has 1 amide bonds. The average Bonchev–Trinajstić information content (AvgIpc) is 3.08. The normalized spacial score (nSPS) is 11.1. The second kappa shape index (κ2) is 6.12. The van der Waals surface area contributed by atoms with Crippen LogP contribution in [-0.2, 0) is 13.6 Å². The van der Waals surface area contributed by atoms with Crippen LogP contribution in [0.25, 0.3) is 11.0 Å². The Morgan fingerprint density at radius 1 is 1.39 bits per heavy atom. The lowest BCUT2D eigenvalue weighted by atomic mass is 10.2. The van der Waals surface area contributed by atoms with Gasteiger partial charge in [0.15, 0.2) is 0 Å². The number of carbonyl (C=O) groups is 1. The third kappa shape index (κ3) is 3.50. The lowest BCUT2D eigenvalue weighted by Crippen LogP contribution is -2.22. The van der Waals surface area contributed by atoms with Gasteiger partial charge in [-0.2, -0.15) is 5.10 Å². The van der Waals surface area contributed by atoms with E-state index in [0.29, 0.717) is 18.1 Å². The average molecular weight is 312 g/mol. The lowest BCUT2D eigenvalue weighted by Gasteiger charge is -2.04. The molecule has 0 aliphatic rings. The summed E-state index contributed by atoms with van der Waals surface area (Å²) in [6, 6.07) is 5.72. The summed E-state index contributed by atoms with van der Waals surface area (Å²) in [5.41, 5.74) is 3.23. The first-order chi connectivity index (χ1) is 11.0. The first-order valence-corrected chi connectivity index (χ1v) is 7.53. The van der Waals surface area contributed by atoms with Crippen molar-refractivity contribution >= 4 is 22.9 Å². The smallest absolute Gasteiger partial charge is 0.251 e. The molecule has 0 radical (unpaired) electrons. The Bertz CT molecular complexity index is 832. The molecule has 2 aromatic heterocycles. The fourth-order valence-electron chi connectivity index (χ4n) is 2.34. The van der Waals surface area contributed by atoms with Crippen LogP contribution < -0.4 is 10.6 Å². The van der Waals surface area contributed by atoms with Crippen LogP contribution >= 0.6 is 0 Å². The molecule has 0 unspecified atom stereocenters. The largest absolute Gasteiger partial charge is 0.354 e. The fourth-order valence-corrected chi connectivity index (χ4v) is 2.34. The van der Waals surface area contributed by atoms with Crippen LogP contribution in [0.3, 0.4) is 0 Å². The molecule has 1 aromatic carbocycles. The molecule has 0 aliphatic heterocycles. The van der Waals surface area contributed by atoms with Gasteiger partial charge < -0.3 is 15.6 Å². The summed E-state index contributed by atoms with van der Waals surface area (Å²) >= 11 is 0. The first-order valence-electron chi connectivity index (χ1n) is 7.53. The number of anilines is 1. The maximum absolute atomic E-state index is 12.3. The number of hydrogen-bond donors (Lipinski definition) is 3. The van der Waals surface area contributed by atoms with Gasteiger partial charge in [-0.25, -0.2) is 4.98 Å². The van der Waals surface area contributed by atoms with Gasteiger partial charge in [-0.05, 0) is 32.0 Å². The van der Waals surface area contributed by atoms with Gasteiger partial charge in [-0.15, -0.1) is 0 Å². The Kier molecular flexibility index (Phi) is 4.01. The van der Waals surface area contributed by atoms with E-state index in [0.717, 1.165) is 16.6 Å². The number of aryl methyl sites for hydroxylation is 1. The van der Waals surface area contributed by atoms with E-state index in [1.54, 1.807) is 16.9 Å². The molecular weight excluding hydrogens is 292 g/mol. The number of nitrogens with zero attached hydrogens (tertiary/aromatic N) is 3. The number of imidazole rings is 1. The quantitative estimate of drug-likeness (QED) is 0.673. The van der Waals surface area contributed by atoms with Crippen LogP contribution in [0.15, 0.2) is 30.6 Å². The van der Waals surface area contributed by atoms with Gasteiger partial charge in [0.05, 0.1) is 17.2 Å². The van der Waals surface area contributed by atoms with Gasteiger partial charge in [0.1, 0.15) is 0 Å². The van der Waals surface area contributed by atoms with Crippen molar-refractivity contribution in [2.45, 2.75) is 26.4 Å². The van der Waals surface area contributed by atoms with Crippen LogP contribution in [0.1, 0.15) is 29.8 Å². The molecule has 23 heavy (non-hydrogen) atoms. The third-order valence-corrected chi connectivity index (χ3v) is 3.38. The maximum atomic E-state index is 12.3. The highest BCUT2D eigenvalue weighted by atomic mass is 16.1. The number of benzene rings is 1. The van der Waals surface area contributed by atoms with Crippen molar-refractivity contribution in [3.8, 4) is 0 Å². The molecule has 0 atom stereocenters. The summed E-state index contributed by atoms with van der Waals surface area (Å²) in [6.07, 6.45) is 3.62. The van der Waals surface area contributed by atoms with E-state index in [1.807, 2.05) is 39.2 Å². The van der Waals surface area contributed by atoms with E-state index in [-0.39, 0.29) is 11.9 Å². The summed E-state index contributed by atoms with van der Waals surface area (Å²) in [4.78, 5) is 19.9. The predicted molar refractivity (Wildman–Crippen MR) is 89.2 cm³/mol. The topological polar surface area (TPSA) is 87.6 Å². The number of H-pyrrole nitrogens is 1. The van der Waals surface area contributed by atoms with Crippen LogP contribution in [-0.4, -0.2) is 31.7 Å². The van der Waals surface area contributed by atoms with E-state index in [4.69, 9.17) is 0 Å². The van der Waals surface area contributed by atoms with Gasteiger partial charge in [-0.1, -0.05) is 0 Å². The zero-order valence-corrected chi connectivity index (χ0v) is 13.4. The minimum atomic E-state index is -0.122. The number of hydrogen-bond acceptors (Lipinski definition) is 4. The molecule has 7 nitrogen and oxygen atoms in total. The van der Waals surface area contributed by atoms with Gasteiger partial charge in [0, 0.05) is 37.0 Å². The maximum Gasteiger partial charge on any atom is 0.251 e. The van der Waals surface area contributed by atoms with Crippen LogP contribution in [0, 0.1) is 0 Å². The number of aromatic amines is 1. The molecule has 120 valence electrons. The molecular formula is C16H20N6O. The Balaban J connectivity index is 1.72. The summed E-state index contributed by atoms with van der Waals surface area (Å²) in [7, 11) is 1.85. The molecule has 3 rings (SSSR count). The highest BCUT2D eigenvalue weighted by Crippen LogP contribution is 2.16. The number of fused-ring (bicyclic) bond motifs is 1. The summed E-state index contributed by atoms with van der Waals surface area (Å²) < 4.78 is 1.71. The van der Waals surface area contributed by atoms with Crippen LogP contribution in [0.2, 0.25) is 0 Å². The highest BCUT2D eigenvalue weighted by Gasteiger charge is 2.09. The summed E-state index contributed by atoms with van der Waals surface area (Å²) in [5, 5.41) is 10.2. The predicted octanol–water partition coefficient (Wildman–Crippen LogP) is 2.05. The van der Waals surface area contributed by atoms with Crippen LogP contribution in [0.5, 0.6) is 0 Å². The molecule has 2 heterocycles. The van der Waals surface area contributed by atoms with E-state index >= 15 is 0 Å². The van der Waals surface area contributed by atoms with Crippen molar-refractivity contribution in [1.29, 1.82) is 0 Å². The molecule has 3 N–H and O–H groups in total. The van der Waals surface area contributed by atoms with Gasteiger partial charge >= 0.3 is 0 Å². The minimum Gasteiger partial charge on any atom is -0.354 e. The SMILES string of the molecule is CC(C)Nc1nc2ccc(C(=O)NCc3cnn(C)c3)cc2[nH]1. The third-order valence-electron chi connectivity index (χ3n) is 3.38. The summed E-state index contributed by atoms with van der Waals surface area (Å²) in [6.45, 7) is 4.54. The van der Waals surface area contributed by atoms with Crippen molar-refractivity contribution in [2.75, 3.05) is 5.32 Å². The lowest BCUT2D eigenvalue weighted by molar-refractivity contribution is 0.0951. The van der Waals surface area contributed by atoms with E-state index in [2.05, 4.69) is 25.7 Å². The Morgan fingerprint density at radius 3 is 2.91 bits per heavy atom. The number of carbonyl (C=O) groups excluding carboxylic acids is 1. The Hall–Kier alpha value is -2.83. The number of rotatable bonds is 5. The minimum absolute atomic E-state index is 0.122. The van der Waals surface area contributed by atoms with Crippen LogP contribution in [0.4, 0.5) is 5.95 Å². The monoisotopic (exact) mass is 312 g/mol. The van der Waals surface area contributed by atoms with Gasteiger partial charge in [-0.3, -0.25) is 9.48 Å². The van der Waals surface area contributed by atoms with Crippen molar-refractivity contribution in [3.63, 3.8) is 0 Å². The molecule has 0 saturated heterocycles.